The van der Waals surface area contributed by atoms with Crippen LogP contribution in [0.3, 0.4) is 0 Å². The molecule has 1 aromatic heterocycles. The number of hydrogen-bond donors (Lipinski definition) is 5. The van der Waals surface area contributed by atoms with E-state index in [1.165, 1.54) is 19.2 Å². The van der Waals surface area contributed by atoms with Crippen molar-refractivity contribution in [3.05, 3.63) is 27.4 Å². The van der Waals surface area contributed by atoms with Crippen LogP contribution in [0.25, 0.3) is 0 Å². The summed E-state index contributed by atoms with van der Waals surface area (Å²) in [7, 11) is -4.76. The van der Waals surface area contributed by atoms with Gasteiger partial charge in [-0.1, -0.05) is 12.2 Å². The van der Waals surface area contributed by atoms with E-state index in [1.807, 2.05) is 0 Å². The number of aromatic amines is 1. The molecule has 1 saturated heterocycles. The van der Waals surface area contributed by atoms with Crippen LogP contribution in [0.2, 0.25) is 0 Å². The molecule has 10 nitrogen and oxygen atoms in total. The summed E-state index contributed by atoms with van der Waals surface area (Å²) in [4.78, 5) is 31.5. The number of ether oxygens (including phenoxy) is 1. The van der Waals surface area contributed by atoms with E-state index in [9.17, 15) is 19.6 Å². The van der Waals surface area contributed by atoms with E-state index in [4.69, 9.17) is 26.7 Å². The van der Waals surface area contributed by atoms with E-state index in [2.05, 4.69) is 9.51 Å². The second-order valence-electron chi connectivity index (χ2n) is 5.00. The van der Waals surface area contributed by atoms with Gasteiger partial charge in [-0.05, 0) is 13.0 Å². The Labute approximate surface area is 129 Å². The third kappa shape index (κ3) is 3.53. The third-order valence-corrected chi connectivity index (χ3v) is 3.99. The maximum absolute atomic E-state index is 11.9. The zero-order valence-corrected chi connectivity index (χ0v) is 13.0. The van der Waals surface area contributed by atoms with Gasteiger partial charge in [-0.15, -0.1) is 0 Å². The second kappa shape index (κ2) is 5.95. The molecule has 0 aliphatic carbocycles. The van der Waals surface area contributed by atoms with Crippen LogP contribution in [0.15, 0.2) is 17.1 Å². The van der Waals surface area contributed by atoms with Gasteiger partial charge in [0.25, 0.3) is 0 Å². The number of nitrogens with one attached hydrogen (secondary N) is 1. The standard InChI is InChI=1S/C10H15N2O8PS/c1-10(15)7(13)5(4-19-21(16,17)18)20-8(10)12-3-2-6(22)11-9(12)14/h2-3,5,7-8,13,15H,4H2,1H3,(H,11,14,22)(H2,16,17,18)/t5-,7+,8-,10?/m1/s1. The van der Waals surface area contributed by atoms with E-state index in [0.29, 0.717) is 0 Å². The number of phosphoric acid groups is 1. The Balaban J connectivity index is 2.28. The van der Waals surface area contributed by atoms with Crippen molar-refractivity contribution in [2.24, 2.45) is 0 Å². The van der Waals surface area contributed by atoms with Gasteiger partial charge < -0.3 is 24.7 Å². The van der Waals surface area contributed by atoms with Crippen LogP contribution >= 0.6 is 20.0 Å². The molecule has 22 heavy (non-hydrogen) atoms. The molecule has 1 aliphatic heterocycles. The van der Waals surface area contributed by atoms with Crippen molar-refractivity contribution in [3.8, 4) is 0 Å². The molecule has 0 radical (unpaired) electrons. The zero-order chi connectivity index (χ0) is 16.7. The van der Waals surface area contributed by atoms with Crippen molar-refractivity contribution < 1.29 is 33.8 Å². The topological polar surface area (TPSA) is 154 Å². The van der Waals surface area contributed by atoms with Gasteiger partial charge in [0.1, 0.15) is 22.4 Å². The van der Waals surface area contributed by atoms with Gasteiger partial charge >= 0.3 is 13.5 Å². The SMILES string of the molecule is CC1(O)[C@@H](O)[C@@H](COP(=O)(O)O)O[C@H]1n1ccc(=S)[nH]c1=O. The highest BCUT2D eigenvalue weighted by atomic mass is 32.1. The van der Waals surface area contributed by atoms with Crippen molar-refractivity contribution in [2.45, 2.75) is 31.0 Å². The highest BCUT2D eigenvalue weighted by molar-refractivity contribution is 7.71. The minimum Gasteiger partial charge on any atom is -0.387 e. The van der Waals surface area contributed by atoms with Gasteiger partial charge in [-0.2, -0.15) is 0 Å². The van der Waals surface area contributed by atoms with Gasteiger partial charge in [0.05, 0.1) is 6.61 Å². The molecule has 2 rings (SSSR count). The average molecular weight is 354 g/mol. The molecule has 0 spiro atoms. The summed E-state index contributed by atoms with van der Waals surface area (Å²) < 4.78 is 21.5. The first-order valence-corrected chi connectivity index (χ1v) is 8.03. The van der Waals surface area contributed by atoms with E-state index in [1.54, 1.807) is 0 Å². The number of phosphoric ester groups is 1. The number of aliphatic hydroxyl groups excluding tert-OH is 1. The van der Waals surface area contributed by atoms with Crippen molar-refractivity contribution in [1.82, 2.24) is 9.55 Å². The lowest BCUT2D eigenvalue weighted by atomic mass is 9.96. The molecular formula is C10H15N2O8PS. The average Bonchev–Trinajstić information content (AvgIpc) is 2.59. The number of rotatable bonds is 4. The largest absolute Gasteiger partial charge is 0.469 e. The van der Waals surface area contributed by atoms with Crippen molar-refractivity contribution in [2.75, 3.05) is 6.61 Å². The molecule has 2 heterocycles. The molecule has 5 N–H and O–H groups in total. The lowest BCUT2D eigenvalue weighted by molar-refractivity contribution is -0.0986. The summed E-state index contributed by atoms with van der Waals surface area (Å²) >= 11 is 4.79. The fourth-order valence-electron chi connectivity index (χ4n) is 2.16. The predicted octanol–water partition coefficient (Wildman–Crippen LogP) is -0.976. The molecule has 0 saturated carbocycles. The summed E-state index contributed by atoms with van der Waals surface area (Å²) in [5.41, 5.74) is -2.55. The molecule has 0 amide bonds. The van der Waals surface area contributed by atoms with Crippen LogP contribution in [-0.4, -0.2) is 54.0 Å². The van der Waals surface area contributed by atoms with Crippen LogP contribution in [0.1, 0.15) is 13.2 Å². The number of nitrogens with zero attached hydrogens (tertiary/aromatic N) is 1. The normalized spacial score (nSPS) is 32.3. The van der Waals surface area contributed by atoms with Gasteiger partial charge in [0.15, 0.2) is 6.23 Å². The third-order valence-electron chi connectivity index (χ3n) is 3.27. The number of aliphatic hydroxyl groups is 2. The van der Waals surface area contributed by atoms with Crippen molar-refractivity contribution >= 4 is 20.0 Å². The Kier molecular flexibility index (Phi) is 4.71. The number of hydrogen-bond acceptors (Lipinski definition) is 7. The quantitative estimate of drug-likeness (QED) is 0.339. The van der Waals surface area contributed by atoms with Gasteiger partial charge in [0, 0.05) is 6.20 Å². The Morgan fingerprint density at radius 3 is 2.77 bits per heavy atom. The Morgan fingerprint density at radius 2 is 2.23 bits per heavy atom. The fraction of sp³-hybridized carbons (Fsp3) is 0.600. The van der Waals surface area contributed by atoms with E-state index >= 15 is 0 Å². The van der Waals surface area contributed by atoms with Crippen LogP contribution in [0.4, 0.5) is 0 Å². The molecule has 0 bridgehead atoms. The summed E-state index contributed by atoms with van der Waals surface area (Å²) in [5.74, 6) is 0. The minimum absolute atomic E-state index is 0.181. The molecule has 1 fully saturated rings. The Hall–Kier alpha value is -0.910. The first kappa shape index (κ1) is 17.4. The molecule has 1 aliphatic rings. The molecule has 1 aromatic rings. The maximum atomic E-state index is 11.9. The summed E-state index contributed by atoms with van der Waals surface area (Å²) in [6, 6.07) is 1.39. The molecule has 4 atom stereocenters. The zero-order valence-electron chi connectivity index (χ0n) is 11.3. The first-order valence-electron chi connectivity index (χ1n) is 6.10. The smallest absolute Gasteiger partial charge is 0.387 e. The van der Waals surface area contributed by atoms with Crippen LogP contribution in [-0.2, 0) is 13.8 Å². The minimum atomic E-state index is -4.76. The Morgan fingerprint density at radius 1 is 1.59 bits per heavy atom. The van der Waals surface area contributed by atoms with Gasteiger partial charge in [-0.25, -0.2) is 9.36 Å². The molecular weight excluding hydrogens is 339 g/mol. The van der Waals surface area contributed by atoms with Gasteiger partial charge in [-0.3, -0.25) is 14.1 Å². The summed E-state index contributed by atoms with van der Waals surface area (Å²) in [5, 5.41) is 20.4. The van der Waals surface area contributed by atoms with E-state index < -0.39 is 44.2 Å². The first-order chi connectivity index (χ1) is 10.0. The number of aromatic nitrogens is 2. The Bertz CT molecular complexity index is 709. The highest BCUT2D eigenvalue weighted by Gasteiger charge is 2.53. The predicted molar refractivity (Wildman–Crippen MR) is 74.4 cm³/mol. The van der Waals surface area contributed by atoms with Crippen LogP contribution in [0.5, 0.6) is 0 Å². The molecule has 0 aromatic carbocycles. The van der Waals surface area contributed by atoms with Crippen LogP contribution in [0, 0.1) is 4.64 Å². The van der Waals surface area contributed by atoms with Crippen molar-refractivity contribution in [1.29, 1.82) is 0 Å². The highest BCUT2D eigenvalue weighted by Crippen LogP contribution is 2.41. The lowest BCUT2D eigenvalue weighted by Crippen LogP contribution is -2.46. The lowest BCUT2D eigenvalue weighted by Gasteiger charge is -2.27. The van der Waals surface area contributed by atoms with Gasteiger partial charge in [0.2, 0.25) is 0 Å². The van der Waals surface area contributed by atoms with Crippen molar-refractivity contribution in [3.63, 3.8) is 0 Å². The fourth-order valence-corrected chi connectivity index (χ4v) is 2.65. The van der Waals surface area contributed by atoms with Crippen LogP contribution < -0.4 is 5.69 Å². The van der Waals surface area contributed by atoms with E-state index in [-0.39, 0.29) is 4.64 Å². The van der Waals surface area contributed by atoms with E-state index in [0.717, 1.165) is 4.57 Å². The number of H-pyrrole nitrogens is 1. The maximum Gasteiger partial charge on any atom is 0.469 e. The summed E-state index contributed by atoms with van der Waals surface area (Å²) in [6.45, 7) is 0.573. The summed E-state index contributed by atoms with van der Waals surface area (Å²) in [6.07, 6.45) is -2.77. The monoisotopic (exact) mass is 354 g/mol. The molecule has 12 heteroatoms. The second-order valence-corrected chi connectivity index (χ2v) is 6.68. The molecule has 1 unspecified atom stereocenters. The molecule has 124 valence electrons.